The Labute approximate surface area is 109 Å². The van der Waals surface area contributed by atoms with E-state index in [-0.39, 0.29) is 11.9 Å². The van der Waals surface area contributed by atoms with Crippen molar-refractivity contribution in [2.45, 2.75) is 38.3 Å². The summed E-state index contributed by atoms with van der Waals surface area (Å²) in [6, 6.07) is -0.695. The van der Waals surface area contributed by atoms with Crippen molar-refractivity contribution in [3.8, 4) is 0 Å². The third-order valence-electron chi connectivity index (χ3n) is 2.99. The first-order chi connectivity index (χ1) is 8.36. The summed E-state index contributed by atoms with van der Waals surface area (Å²) in [6.07, 6.45) is 3.42. The molecule has 0 saturated carbocycles. The number of sulfonamides is 1. The number of carbonyl (C=O) groups excluding carboxylic acids is 1. The van der Waals surface area contributed by atoms with Gasteiger partial charge in [-0.15, -0.1) is 0 Å². The van der Waals surface area contributed by atoms with E-state index in [9.17, 15) is 13.2 Å². The molecule has 1 rings (SSSR count). The quantitative estimate of drug-likeness (QED) is 0.765. The zero-order chi connectivity index (χ0) is 13.8. The molecule has 0 aromatic heterocycles. The summed E-state index contributed by atoms with van der Waals surface area (Å²) < 4.78 is 29.5. The largest absolute Gasteiger partial charge is 0.383 e. The third kappa shape index (κ3) is 4.22. The van der Waals surface area contributed by atoms with Gasteiger partial charge in [0.05, 0.1) is 12.9 Å². The number of carbonyl (C=O) groups is 1. The molecule has 1 aliphatic heterocycles. The lowest BCUT2D eigenvalue weighted by molar-refractivity contribution is -0.126. The highest BCUT2D eigenvalue weighted by atomic mass is 32.2. The average molecular weight is 278 g/mol. The maximum Gasteiger partial charge on any atom is 0.238 e. The van der Waals surface area contributed by atoms with Crippen LogP contribution >= 0.6 is 0 Å². The Hall–Kier alpha value is -0.660. The Morgan fingerprint density at radius 3 is 2.72 bits per heavy atom. The molecule has 2 atom stereocenters. The van der Waals surface area contributed by atoms with Crippen molar-refractivity contribution in [1.29, 1.82) is 0 Å². The highest BCUT2D eigenvalue weighted by molar-refractivity contribution is 7.88. The van der Waals surface area contributed by atoms with E-state index in [4.69, 9.17) is 4.74 Å². The number of nitrogens with one attached hydrogen (secondary N) is 1. The van der Waals surface area contributed by atoms with Crippen molar-refractivity contribution < 1.29 is 17.9 Å². The standard InChI is InChI=1S/C11H22N2O4S/c1-9(8-17-2)12-11(14)10-6-4-5-7-13(10)18(3,15)16/h9-10H,4-8H2,1-3H3,(H,12,14). The van der Waals surface area contributed by atoms with E-state index < -0.39 is 16.1 Å². The molecule has 0 radical (unpaired) electrons. The summed E-state index contributed by atoms with van der Waals surface area (Å²) in [5.41, 5.74) is 0. The third-order valence-corrected chi connectivity index (χ3v) is 4.28. The van der Waals surface area contributed by atoms with E-state index in [0.29, 0.717) is 19.6 Å². The molecule has 7 heteroatoms. The molecule has 1 amide bonds. The number of ether oxygens (including phenoxy) is 1. The van der Waals surface area contributed by atoms with Crippen molar-refractivity contribution in [2.75, 3.05) is 26.5 Å². The van der Waals surface area contributed by atoms with Gasteiger partial charge < -0.3 is 10.1 Å². The maximum absolute atomic E-state index is 12.1. The molecule has 0 aromatic rings. The van der Waals surface area contributed by atoms with E-state index in [0.717, 1.165) is 19.1 Å². The van der Waals surface area contributed by atoms with Crippen molar-refractivity contribution >= 4 is 15.9 Å². The van der Waals surface area contributed by atoms with Crippen LogP contribution in [-0.2, 0) is 19.6 Å². The zero-order valence-corrected chi connectivity index (χ0v) is 12.0. The van der Waals surface area contributed by atoms with Crippen LogP contribution in [0.4, 0.5) is 0 Å². The van der Waals surface area contributed by atoms with Gasteiger partial charge in [0, 0.05) is 19.7 Å². The van der Waals surface area contributed by atoms with Gasteiger partial charge in [-0.3, -0.25) is 4.79 Å². The number of nitrogens with zero attached hydrogens (tertiary/aromatic N) is 1. The van der Waals surface area contributed by atoms with E-state index in [1.54, 1.807) is 7.11 Å². The predicted molar refractivity (Wildman–Crippen MR) is 68.7 cm³/mol. The first-order valence-corrected chi connectivity index (χ1v) is 7.97. The van der Waals surface area contributed by atoms with Crippen LogP contribution in [0.3, 0.4) is 0 Å². The molecule has 1 saturated heterocycles. The van der Waals surface area contributed by atoms with Gasteiger partial charge >= 0.3 is 0 Å². The van der Waals surface area contributed by atoms with Gasteiger partial charge in [-0.25, -0.2) is 8.42 Å². The molecule has 0 bridgehead atoms. The van der Waals surface area contributed by atoms with E-state index in [1.165, 1.54) is 4.31 Å². The van der Waals surface area contributed by atoms with Crippen LogP contribution in [0.25, 0.3) is 0 Å². The Balaban J connectivity index is 2.69. The summed E-state index contributed by atoms with van der Waals surface area (Å²) >= 11 is 0. The molecule has 1 N–H and O–H groups in total. The number of methoxy groups -OCH3 is 1. The second kappa shape index (κ2) is 6.49. The predicted octanol–water partition coefficient (Wildman–Crippen LogP) is -0.0484. The van der Waals surface area contributed by atoms with Crippen molar-refractivity contribution in [2.24, 2.45) is 0 Å². The molecule has 2 unspecified atom stereocenters. The smallest absolute Gasteiger partial charge is 0.238 e. The van der Waals surface area contributed by atoms with Gasteiger partial charge in [0.25, 0.3) is 0 Å². The topological polar surface area (TPSA) is 75.7 Å². The summed E-state index contributed by atoms with van der Waals surface area (Å²) in [7, 11) is -1.77. The Kier molecular flexibility index (Phi) is 5.55. The molecule has 0 spiro atoms. The highest BCUT2D eigenvalue weighted by Crippen LogP contribution is 2.20. The van der Waals surface area contributed by atoms with Crippen molar-refractivity contribution in [3.63, 3.8) is 0 Å². The van der Waals surface area contributed by atoms with Gasteiger partial charge in [0.2, 0.25) is 15.9 Å². The molecule has 1 heterocycles. The number of piperidine rings is 1. The van der Waals surface area contributed by atoms with Crippen molar-refractivity contribution in [3.05, 3.63) is 0 Å². The molecular weight excluding hydrogens is 256 g/mol. The summed E-state index contributed by atoms with van der Waals surface area (Å²) in [6.45, 7) is 2.67. The zero-order valence-electron chi connectivity index (χ0n) is 11.2. The monoisotopic (exact) mass is 278 g/mol. The van der Waals surface area contributed by atoms with Gasteiger partial charge in [-0.05, 0) is 19.8 Å². The normalized spacial score (nSPS) is 23.6. The van der Waals surface area contributed by atoms with Crippen LogP contribution in [0.2, 0.25) is 0 Å². The molecule has 1 fully saturated rings. The lowest BCUT2D eigenvalue weighted by Gasteiger charge is -2.33. The fourth-order valence-electron chi connectivity index (χ4n) is 2.19. The maximum atomic E-state index is 12.1. The summed E-state index contributed by atoms with van der Waals surface area (Å²) in [4.78, 5) is 12.1. The second-order valence-electron chi connectivity index (χ2n) is 4.75. The number of hydrogen-bond acceptors (Lipinski definition) is 4. The van der Waals surface area contributed by atoms with E-state index in [1.807, 2.05) is 6.92 Å². The van der Waals surface area contributed by atoms with Gasteiger partial charge in [0.15, 0.2) is 0 Å². The molecule has 0 aliphatic carbocycles. The first-order valence-electron chi connectivity index (χ1n) is 6.12. The lowest BCUT2D eigenvalue weighted by atomic mass is 10.0. The van der Waals surface area contributed by atoms with Gasteiger partial charge in [0.1, 0.15) is 6.04 Å². The SMILES string of the molecule is COCC(C)NC(=O)C1CCCCN1S(C)(=O)=O. The van der Waals surface area contributed by atoms with Crippen LogP contribution in [0, 0.1) is 0 Å². The minimum absolute atomic E-state index is 0.120. The molecule has 1 aliphatic rings. The average Bonchev–Trinajstić information content (AvgIpc) is 2.28. The number of rotatable bonds is 5. The lowest BCUT2D eigenvalue weighted by Crippen LogP contribution is -2.53. The Bertz CT molecular complexity index is 383. The molecule has 0 aromatic carbocycles. The number of amides is 1. The Morgan fingerprint density at radius 1 is 1.50 bits per heavy atom. The second-order valence-corrected chi connectivity index (χ2v) is 6.69. The summed E-state index contributed by atoms with van der Waals surface area (Å²) in [5.74, 6) is -0.232. The first kappa shape index (κ1) is 15.4. The number of hydrogen-bond donors (Lipinski definition) is 1. The van der Waals surface area contributed by atoms with Gasteiger partial charge in [-0.1, -0.05) is 6.42 Å². The molecule has 106 valence electrons. The fraction of sp³-hybridized carbons (Fsp3) is 0.909. The van der Waals surface area contributed by atoms with E-state index >= 15 is 0 Å². The van der Waals surface area contributed by atoms with Crippen LogP contribution in [-0.4, -0.2) is 57.2 Å². The van der Waals surface area contributed by atoms with Crippen LogP contribution in [0.15, 0.2) is 0 Å². The fourth-order valence-corrected chi connectivity index (χ4v) is 3.32. The molecule has 6 nitrogen and oxygen atoms in total. The van der Waals surface area contributed by atoms with Crippen molar-refractivity contribution in [1.82, 2.24) is 9.62 Å². The van der Waals surface area contributed by atoms with Crippen LogP contribution in [0.5, 0.6) is 0 Å². The van der Waals surface area contributed by atoms with Gasteiger partial charge in [-0.2, -0.15) is 4.31 Å². The molecular formula is C11H22N2O4S. The van der Waals surface area contributed by atoms with E-state index in [2.05, 4.69) is 5.32 Å². The molecule has 18 heavy (non-hydrogen) atoms. The minimum atomic E-state index is -3.33. The minimum Gasteiger partial charge on any atom is -0.383 e. The summed E-state index contributed by atoms with van der Waals surface area (Å²) in [5, 5.41) is 2.78. The van der Waals surface area contributed by atoms with Crippen LogP contribution < -0.4 is 5.32 Å². The Morgan fingerprint density at radius 2 is 2.17 bits per heavy atom. The van der Waals surface area contributed by atoms with Crippen LogP contribution in [0.1, 0.15) is 26.2 Å². The highest BCUT2D eigenvalue weighted by Gasteiger charge is 2.34.